The van der Waals surface area contributed by atoms with Crippen molar-refractivity contribution in [3.8, 4) is 0 Å². The second-order valence-electron chi connectivity index (χ2n) is 6.37. The number of alkyl carbamates (subject to hydrolysis) is 1. The fourth-order valence-electron chi connectivity index (χ4n) is 1.99. The highest BCUT2D eigenvalue weighted by atomic mass is 32.2. The fourth-order valence-corrected chi connectivity index (χ4v) is 2.64. The Morgan fingerprint density at radius 2 is 1.96 bits per heavy atom. The molecule has 0 aliphatic heterocycles. The smallest absolute Gasteiger partial charge is 0.408 e. The van der Waals surface area contributed by atoms with Gasteiger partial charge in [0, 0.05) is 12.4 Å². The number of aliphatic hydroxyl groups is 1. The molecular weight excluding hydrogens is 326 g/mol. The minimum atomic E-state index is -0.532. The number of hydrogen-bond donors (Lipinski definition) is 2. The molecule has 1 atom stereocenters. The molecule has 1 rings (SSSR count). The molecule has 1 aromatic carbocycles. The summed E-state index contributed by atoms with van der Waals surface area (Å²) in [7, 11) is 0. The molecule has 136 valence electrons. The topological polar surface area (TPSA) is 67.8 Å². The number of carbonyl (C=O) groups excluding carboxylic acids is 1. The molecule has 24 heavy (non-hydrogen) atoms. The van der Waals surface area contributed by atoms with Crippen LogP contribution in [0.1, 0.15) is 38.8 Å². The molecule has 1 amide bonds. The Balaban J connectivity index is 2.46. The standard InChI is InChI=1S/C18H29NO4S/c1-18(2,3)23-17(21)19-16(15-8-5-4-6-9-15)14-22-11-7-12-24-13-10-20/h4-6,8-9,16,20H,7,10-14H2,1-3H3,(H,19,21)/t16-/m1/s1. The zero-order valence-electron chi connectivity index (χ0n) is 14.8. The molecule has 0 saturated heterocycles. The van der Waals surface area contributed by atoms with Crippen LogP contribution in [0, 0.1) is 0 Å². The van der Waals surface area contributed by atoms with Gasteiger partial charge in [0.25, 0.3) is 0 Å². The Labute approximate surface area is 149 Å². The average Bonchev–Trinajstić information content (AvgIpc) is 2.52. The van der Waals surface area contributed by atoms with Gasteiger partial charge in [-0.15, -0.1) is 0 Å². The Kier molecular flexibility index (Phi) is 9.83. The van der Waals surface area contributed by atoms with Crippen molar-refractivity contribution in [2.24, 2.45) is 0 Å². The van der Waals surface area contributed by atoms with Crippen LogP contribution in [0.2, 0.25) is 0 Å². The van der Waals surface area contributed by atoms with Gasteiger partial charge in [-0.2, -0.15) is 11.8 Å². The normalized spacial score (nSPS) is 12.7. The van der Waals surface area contributed by atoms with Crippen LogP contribution in [0.5, 0.6) is 0 Å². The first-order valence-electron chi connectivity index (χ1n) is 8.23. The number of thioether (sulfide) groups is 1. The van der Waals surface area contributed by atoms with Crippen LogP contribution < -0.4 is 5.32 Å². The number of ether oxygens (including phenoxy) is 2. The van der Waals surface area contributed by atoms with Crippen molar-refractivity contribution >= 4 is 17.9 Å². The molecule has 0 aliphatic rings. The molecule has 0 aromatic heterocycles. The van der Waals surface area contributed by atoms with Crippen molar-refractivity contribution in [1.82, 2.24) is 5.32 Å². The number of carbonyl (C=O) groups is 1. The molecule has 0 aliphatic carbocycles. The fraction of sp³-hybridized carbons (Fsp3) is 0.611. The van der Waals surface area contributed by atoms with E-state index in [0.717, 1.165) is 23.5 Å². The number of benzene rings is 1. The van der Waals surface area contributed by atoms with Gasteiger partial charge in [0.05, 0.1) is 19.3 Å². The van der Waals surface area contributed by atoms with Crippen LogP contribution in [0.4, 0.5) is 4.79 Å². The lowest BCUT2D eigenvalue weighted by Gasteiger charge is -2.24. The molecule has 5 nitrogen and oxygen atoms in total. The van der Waals surface area contributed by atoms with E-state index in [9.17, 15) is 4.79 Å². The molecule has 2 N–H and O–H groups in total. The van der Waals surface area contributed by atoms with Crippen LogP contribution in [-0.4, -0.2) is 48.1 Å². The van der Waals surface area contributed by atoms with E-state index in [1.54, 1.807) is 11.8 Å². The Morgan fingerprint density at radius 1 is 1.25 bits per heavy atom. The molecule has 0 radical (unpaired) electrons. The zero-order valence-corrected chi connectivity index (χ0v) is 15.6. The first-order valence-corrected chi connectivity index (χ1v) is 9.38. The molecule has 0 unspecified atom stereocenters. The molecule has 6 heteroatoms. The Morgan fingerprint density at radius 3 is 2.58 bits per heavy atom. The quantitative estimate of drug-likeness (QED) is 0.630. The minimum Gasteiger partial charge on any atom is -0.444 e. The number of amides is 1. The summed E-state index contributed by atoms with van der Waals surface area (Å²) in [6.07, 6.45) is 0.469. The van der Waals surface area contributed by atoms with Crippen molar-refractivity contribution in [3.63, 3.8) is 0 Å². The van der Waals surface area contributed by atoms with Gasteiger partial charge >= 0.3 is 6.09 Å². The summed E-state index contributed by atoms with van der Waals surface area (Å²) in [5.41, 5.74) is 0.453. The maximum atomic E-state index is 12.0. The van der Waals surface area contributed by atoms with Gasteiger partial charge in [-0.1, -0.05) is 30.3 Å². The third-order valence-corrected chi connectivity index (χ3v) is 4.04. The first-order chi connectivity index (χ1) is 11.4. The summed E-state index contributed by atoms with van der Waals surface area (Å²) in [6.45, 7) is 6.74. The second-order valence-corrected chi connectivity index (χ2v) is 7.60. The van der Waals surface area contributed by atoms with Crippen LogP contribution in [-0.2, 0) is 9.47 Å². The van der Waals surface area contributed by atoms with Crippen LogP contribution in [0.15, 0.2) is 30.3 Å². The van der Waals surface area contributed by atoms with Gasteiger partial charge in [0.2, 0.25) is 0 Å². The van der Waals surface area contributed by atoms with E-state index in [1.165, 1.54) is 0 Å². The summed E-state index contributed by atoms with van der Waals surface area (Å²) in [4.78, 5) is 12.0. The van der Waals surface area contributed by atoms with E-state index in [1.807, 2.05) is 51.1 Å². The van der Waals surface area contributed by atoms with E-state index in [0.29, 0.717) is 13.2 Å². The predicted octanol–water partition coefficient (Wildman–Crippen LogP) is 3.38. The van der Waals surface area contributed by atoms with Gasteiger partial charge < -0.3 is 19.9 Å². The van der Waals surface area contributed by atoms with Gasteiger partial charge in [-0.25, -0.2) is 4.79 Å². The third-order valence-electron chi connectivity index (χ3n) is 2.99. The Bertz CT molecular complexity index is 462. The van der Waals surface area contributed by atoms with Gasteiger partial charge in [0.1, 0.15) is 5.60 Å². The lowest BCUT2D eigenvalue weighted by Crippen LogP contribution is -2.36. The van der Waals surface area contributed by atoms with E-state index >= 15 is 0 Å². The molecule has 0 spiro atoms. The van der Waals surface area contributed by atoms with Crippen LogP contribution >= 0.6 is 11.8 Å². The van der Waals surface area contributed by atoms with Crippen molar-refractivity contribution in [2.75, 3.05) is 31.3 Å². The third kappa shape index (κ3) is 9.80. The molecular formula is C18H29NO4S. The first kappa shape index (κ1) is 20.8. The number of rotatable bonds is 10. The van der Waals surface area contributed by atoms with E-state index in [-0.39, 0.29) is 12.6 Å². The summed E-state index contributed by atoms with van der Waals surface area (Å²) in [5, 5.41) is 11.6. The highest BCUT2D eigenvalue weighted by molar-refractivity contribution is 7.99. The Hall–Kier alpha value is -1.24. The molecule has 0 fully saturated rings. The second kappa shape index (κ2) is 11.3. The highest BCUT2D eigenvalue weighted by Crippen LogP contribution is 2.15. The lowest BCUT2D eigenvalue weighted by molar-refractivity contribution is 0.0441. The predicted molar refractivity (Wildman–Crippen MR) is 98.4 cm³/mol. The summed E-state index contributed by atoms with van der Waals surface area (Å²) < 4.78 is 11.0. The van der Waals surface area contributed by atoms with Crippen molar-refractivity contribution in [2.45, 2.75) is 38.8 Å². The highest BCUT2D eigenvalue weighted by Gasteiger charge is 2.20. The van der Waals surface area contributed by atoms with E-state index in [4.69, 9.17) is 14.6 Å². The van der Waals surface area contributed by atoms with Gasteiger partial charge in [0.15, 0.2) is 0 Å². The average molecular weight is 356 g/mol. The number of nitrogens with one attached hydrogen (secondary N) is 1. The molecule has 1 aromatic rings. The summed E-state index contributed by atoms with van der Waals surface area (Å²) in [5.74, 6) is 1.71. The SMILES string of the molecule is CC(C)(C)OC(=O)N[C@H](COCCCSCCO)c1ccccc1. The minimum absolute atomic E-state index is 0.210. The van der Waals surface area contributed by atoms with Crippen molar-refractivity contribution < 1.29 is 19.4 Å². The number of aliphatic hydroxyl groups excluding tert-OH is 1. The van der Waals surface area contributed by atoms with Crippen molar-refractivity contribution in [1.29, 1.82) is 0 Å². The van der Waals surface area contributed by atoms with Crippen LogP contribution in [0.3, 0.4) is 0 Å². The lowest BCUT2D eigenvalue weighted by atomic mass is 10.1. The zero-order chi connectivity index (χ0) is 17.8. The monoisotopic (exact) mass is 355 g/mol. The molecule has 0 saturated carbocycles. The summed E-state index contributed by atoms with van der Waals surface area (Å²) >= 11 is 1.71. The largest absolute Gasteiger partial charge is 0.444 e. The van der Waals surface area contributed by atoms with Gasteiger partial charge in [-0.3, -0.25) is 0 Å². The van der Waals surface area contributed by atoms with E-state index in [2.05, 4.69) is 5.32 Å². The molecule has 0 bridgehead atoms. The van der Waals surface area contributed by atoms with Crippen LogP contribution in [0.25, 0.3) is 0 Å². The maximum absolute atomic E-state index is 12.0. The van der Waals surface area contributed by atoms with Gasteiger partial charge in [-0.05, 0) is 38.5 Å². The molecule has 0 heterocycles. The summed E-state index contributed by atoms with van der Waals surface area (Å²) in [6, 6.07) is 9.49. The van der Waals surface area contributed by atoms with E-state index < -0.39 is 11.7 Å². The van der Waals surface area contributed by atoms with Crippen molar-refractivity contribution in [3.05, 3.63) is 35.9 Å². The maximum Gasteiger partial charge on any atom is 0.408 e. The number of hydrogen-bond acceptors (Lipinski definition) is 5.